The average Bonchev–Trinajstić information content (AvgIpc) is 2.97. The molecule has 1 heterocycles. The van der Waals surface area contributed by atoms with E-state index in [2.05, 4.69) is 20.8 Å². The first kappa shape index (κ1) is 22.7. The lowest BCUT2D eigenvalue weighted by molar-refractivity contribution is -0.138. The number of halogens is 3. The van der Waals surface area contributed by atoms with Gasteiger partial charge in [-0.2, -0.15) is 13.2 Å². The average molecular weight is 454 g/mol. The first-order valence-electron chi connectivity index (χ1n) is 10.6. The zero-order valence-electron chi connectivity index (χ0n) is 18.9. The minimum atomic E-state index is -4.51. The second-order valence-corrected chi connectivity index (χ2v) is 9.32. The summed E-state index contributed by atoms with van der Waals surface area (Å²) in [5.41, 5.74) is 2.26. The molecule has 4 nitrogen and oxygen atoms in total. The summed E-state index contributed by atoms with van der Waals surface area (Å²) in [5, 5.41) is 0. The lowest BCUT2D eigenvalue weighted by atomic mass is 9.97. The van der Waals surface area contributed by atoms with E-state index in [0.29, 0.717) is 12.3 Å². The van der Waals surface area contributed by atoms with Crippen molar-refractivity contribution in [2.75, 3.05) is 0 Å². The second-order valence-electron chi connectivity index (χ2n) is 9.32. The van der Waals surface area contributed by atoms with Crippen molar-refractivity contribution in [2.45, 2.75) is 33.5 Å². The quantitative estimate of drug-likeness (QED) is 0.338. The van der Waals surface area contributed by atoms with E-state index in [1.165, 1.54) is 18.2 Å². The Kier molecular flexibility index (Phi) is 5.60. The van der Waals surface area contributed by atoms with Crippen molar-refractivity contribution < 1.29 is 17.9 Å². The van der Waals surface area contributed by atoms with Gasteiger partial charge in [-0.05, 0) is 52.9 Å². The fourth-order valence-corrected chi connectivity index (χ4v) is 3.87. The van der Waals surface area contributed by atoms with Gasteiger partial charge < -0.3 is 4.74 Å². The van der Waals surface area contributed by atoms with Crippen LogP contribution in [0.4, 0.5) is 13.2 Å². The van der Waals surface area contributed by atoms with Gasteiger partial charge in [0.05, 0.1) is 16.6 Å². The predicted octanol–water partition coefficient (Wildman–Crippen LogP) is 6.86. The number of aryl methyl sites for hydroxylation is 1. The van der Waals surface area contributed by atoms with Crippen molar-refractivity contribution >= 4 is 11.0 Å². The Bertz CT molecular complexity index is 1380. The largest absolute Gasteiger partial charge is 0.457 e. The van der Waals surface area contributed by atoms with Crippen LogP contribution in [0.3, 0.4) is 0 Å². The highest BCUT2D eigenvalue weighted by Gasteiger charge is 2.34. The Morgan fingerprint density at radius 1 is 0.848 bits per heavy atom. The van der Waals surface area contributed by atoms with Crippen LogP contribution in [0.5, 0.6) is 11.5 Å². The molecule has 0 aliphatic heterocycles. The Labute approximate surface area is 189 Å². The highest BCUT2D eigenvalue weighted by molar-refractivity contribution is 5.83. The van der Waals surface area contributed by atoms with Gasteiger partial charge in [-0.25, -0.2) is 4.79 Å². The number of alkyl halides is 3. The molecule has 0 unspecified atom stereocenters. The molecule has 0 bridgehead atoms. The molecule has 0 radical (unpaired) electrons. The van der Waals surface area contributed by atoms with Gasteiger partial charge in [-0.3, -0.25) is 9.13 Å². The van der Waals surface area contributed by atoms with E-state index in [0.717, 1.165) is 28.2 Å². The van der Waals surface area contributed by atoms with Gasteiger partial charge in [0.1, 0.15) is 11.5 Å². The van der Waals surface area contributed by atoms with Crippen LogP contribution in [0.15, 0.2) is 71.5 Å². The van der Waals surface area contributed by atoms with Crippen molar-refractivity contribution in [3.63, 3.8) is 0 Å². The van der Waals surface area contributed by atoms with Crippen molar-refractivity contribution in [1.82, 2.24) is 9.13 Å². The van der Waals surface area contributed by atoms with Gasteiger partial charge in [0.25, 0.3) is 0 Å². The first-order chi connectivity index (χ1) is 15.4. The molecule has 0 amide bonds. The summed E-state index contributed by atoms with van der Waals surface area (Å²) in [6, 6.07) is 17.8. The Morgan fingerprint density at radius 2 is 1.55 bits per heavy atom. The Balaban J connectivity index is 1.72. The molecule has 0 atom stereocenters. The summed E-state index contributed by atoms with van der Waals surface area (Å²) in [7, 11) is 1.74. The molecule has 0 aliphatic rings. The number of benzene rings is 3. The van der Waals surface area contributed by atoms with Crippen LogP contribution < -0.4 is 10.4 Å². The SMILES string of the molecule is Cn1c(=O)n(CC(C)(C)C)c2ccc(-c3cccc(Oc4ccccc4C(F)(F)F)c3)cc21. The van der Waals surface area contributed by atoms with Crippen molar-refractivity contribution in [3.8, 4) is 22.6 Å². The fraction of sp³-hybridized carbons (Fsp3) is 0.269. The standard InChI is InChI=1S/C26H25F3N2O2/c1-25(2,3)16-31-21-13-12-18(15-22(21)30(4)24(31)32)17-8-7-9-19(14-17)33-23-11-6-5-10-20(23)26(27,28)29/h5-15H,16H2,1-4H3. The number of para-hydroxylation sites is 1. The predicted molar refractivity (Wildman–Crippen MR) is 124 cm³/mol. The normalized spacial score (nSPS) is 12.3. The topological polar surface area (TPSA) is 36.2 Å². The van der Waals surface area contributed by atoms with E-state index < -0.39 is 11.7 Å². The number of imidazole rings is 1. The fourth-order valence-electron chi connectivity index (χ4n) is 3.87. The maximum absolute atomic E-state index is 13.3. The zero-order valence-corrected chi connectivity index (χ0v) is 18.9. The van der Waals surface area contributed by atoms with Crippen LogP contribution in [-0.2, 0) is 19.8 Å². The number of nitrogens with zero attached hydrogens (tertiary/aromatic N) is 2. The van der Waals surface area contributed by atoms with Gasteiger partial charge in [0.15, 0.2) is 0 Å². The molecule has 0 aliphatic carbocycles. The zero-order chi connectivity index (χ0) is 24.0. The summed E-state index contributed by atoms with van der Waals surface area (Å²) < 4.78 is 48.9. The van der Waals surface area contributed by atoms with Crippen LogP contribution >= 0.6 is 0 Å². The van der Waals surface area contributed by atoms with Crippen molar-refractivity contribution in [2.24, 2.45) is 12.5 Å². The smallest absolute Gasteiger partial charge is 0.419 e. The third-order valence-electron chi connectivity index (χ3n) is 5.37. The summed E-state index contributed by atoms with van der Waals surface area (Å²) in [4.78, 5) is 12.8. The molecular weight excluding hydrogens is 429 g/mol. The Morgan fingerprint density at radius 3 is 2.24 bits per heavy atom. The van der Waals surface area contributed by atoms with E-state index in [4.69, 9.17) is 4.74 Å². The maximum Gasteiger partial charge on any atom is 0.419 e. The maximum atomic E-state index is 13.3. The summed E-state index contributed by atoms with van der Waals surface area (Å²) in [6.07, 6.45) is -4.51. The van der Waals surface area contributed by atoms with Gasteiger partial charge in [0.2, 0.25) is 0 Å². The van der Waals surface area contributed by atoms with E-state index in [1.807, 2.05) is 24.3 Å². The number of hydrogen-bond donors (Lipinski definition) is 0. The first-order valence-corrected chi connectivity index (χ1v) is 10.6. The van der Waals surface area contributed by atoms with E-state index in [9.17, 15) is 18.0 Å². The Hall–Kier alpha value is -3.48. The lowest BCUT2D eigenvalue weighted by Crippen LogP contribution is -2.27. The van der Waals surface area contributed by atoms with Crippen LogP contribution in [0, 0.1) is 5.41 Å². The molecule has 0 spiro atoms. The number of ether oxygens (including phenoxy) is 1. The monoisotopic (exact) mass is 454 g/mol. The molecule has 172 valence electrons. The van der Waals surface area contributed by atoms with Gasteiger partial charge in [-0.15, -0.1) is 0 Å². The van der Waals surface area contributed by atoms with Crippen LogP contribution in [0.2, 0.25) is 0 Å². The van der Waals surface area contributed by atoms with Crippen LogP contribution in [0.1, 0.15) is 26.3 Å². The molecule has 0 N–H and O–H groups in total. The summed E-state index contributed by atoms with van der Waals surface area (Å²) >= 11 is 0. The molecule has 1 aromatic heterocycles. The van der Waals surface area contributed by atoms with E-state index >= 15 is 0 Å². The van der Waals surface area contributed by atoms with Crippen molar-refractivity contribution in [1.29, 1.82) is 0 Å². The molecule has 0 fully saturated rings. The highest BCUT2D eigenvalue weighted by atomic mass is 19.4. The number of hydrogen-bond acceptors (Lipinski definition) is 2. The highest BCUT2D eigenvalue weighted by Crippen LogP contribution is 2.38. The number of aromatic nitrogens is 2. The van der Waals surface area contributed by atoms with Crippen LogP contribution in [-0.4, -0.2) is 9.13 Å². The minimum Gasteiger partial charge on any atom is -0.457 e. The van der Waals surface area contributed by atoms with Gasteiger partial charge in [-0.1, -0.05) is 51.1 Å². The minimum absolute atomic E-state index is 0.0604. The molecule has 33 heavy (non-hydrogen) atoms. The molecular formula is C26H25F3N2O2. The third-order valence-corrected chi connectivity index (χ3v) is 5.37. The van der Waals surface area contributed by atoms with Gasteiger partial charge in [0, 0.05) is 13.6 Å². The molecule has 0 saturated heterocycles. The van der Waals surface area contributed by atoms with E-state index in [1.54, 1.807) is 34.4 Å². The molecule has 4 rings (SSSR count). The van der Waals surface area contributed by atoms with E-state index in [-0.39, 0.29) is 16.9 Å². The summed E-state index contributed by atoms with van der Waals surface area (Å²) in [6.45, 7) is 6.82. The molecule has 3 aromatic carbocycles. The van der Waals surface area contributed by atoms with Gasteiger partial charge >= 0.3 is 11.9 Å². The number of fused-ring (bicyclic) bond motifs is 1. The molecule has 4 aromatic rings. The molecule has 0 saturated carbocycles. The van der Waals surface area contributed by atoms with Crippen LogP contribution in [0.25, 0.3) is 22.2 Å². The second kappa shape index (κ2) is 8.14. The lowest BCUT2D eigenvalue weighted by Gasteiger charge is -2.18. The van der Waals surface area contributed by atoms with Crippen molar-refractivity contribution in [3.05, 3.63) is 82.8 Å². The summed E-state index contributed by atoms with van der Waals surface area (Å²) in [5.74, 6) is 0.0442. The molecule has 7 heteroatoms. The number of rotatable bonds is 4. The third kappa shape index (κ3) is 4.67.